The van der Waals surface area contributed by atoms with Gasteiger partial charge >= 0.3 is 0 Å². The molecule has 0 aromatic carbocycles. The van der Waals surface area contributed by atoms with Crippen LogP contribution in [0.25, 0.3) is 0 Å². The monoisotopic (exact) mass is 222 g/mol. The van der Waals surface area contributed by atoms with Crippen molar-refractivity contribution in [3.63, 3.8) is 0 Å². The van der Waals surface area contributed by atoms with Crippen LogP contribution in [0.2, 0.25) is 0 Å². The van der Waals surface area contributed by atoms with Crippen molar-refractivity contribution in [1.82, 2.24) is 4.98 Å². The first-order valence-corrected chi connectivity index (χ1v) is 5.06. The highest BCUT2D eigenvalue weighted by molar-refractivity contribution is 5.98. The molecule has 0 spiro atoms. The maximum atomic E-state index is 11.2. The third kappa shape index (κ3) is 2.06. The van der Waals surface area contributed by atoms with Crippen molar-refractivity contribution in [3.8, 4) is 0 Å². The van der Waals surface area contributed by atoms with Crippen molar-refractivity contribution in [2.24, 2.45) is 5.73 Å². The van der Waals surface area contributed by atoms with Crippen molar-refractivity contribution in [2.45, 2.75) is 25.0 Å². The van der Waals surface area contributed by atoms with E-state index in [2.05, 4.69) is 10.3 Å². The van der Waals surface area contributed by atoms with Crippen molar-refractivity contribution >= 4 is 17.4 Å². The molecule has 16 heavy (non-hydrogen) atoms. The fraction of sp³-hybridized carbons (Fsp3) is 0.400. The van der Waals surface area contributed by atoms with Crippen LogP contribution in [0.15, 0.2) is 12.3 Å². The number of nitrogen functional groups attached to an aromatic ring is 1. The maximum Gasteiger partial charge on any atom is 0.252 e. The molecule has 1 aromatic heterocycles. The standard InChI is InChI=1S/C10H14N4O2/c11-5-1-8(9(12)16)10(13-4-5)14-6-2-7(15)3-6/h1,4,6-7,15H,2-3,11H2,(H2,12,16)(H,13,14). The summed E-state index contributed by atoms with van der Waals surface area (Å²) in [5.41, 5.74) is 11.4. The molecule has 6 N–H and O–H groups in total. The number of nitrogens with one attached hydrogen (secondary N) is 1. The third-order valence-corrected chi connectivity index (χ3v) is 2.63. The predicted molar refractivity (Wildman–Crippen MR) is 59.8 cm³/mol. The quantitative estimate of drug-likeness (QED) is 0.560. The number of rotatable bonds is 3. The number of aliphatic hydroxyl groups is 1. The highest BCUT2D eigenvalue weighted by Gasteiger charge is 2.28. The molecule has 1 heterocycles. The molecule has 0 unspecified atom stereocenters. The third-order valence-electron chi connectivity index (χ3n) is 2.63. The van der Waals surface area contributed by atoms with Crippen molar-refractivity contribution < 1.29 is 9.90 Å². The van der Waals surface area contributed by atoms with Gasteiger partial charge in [0.15, 0.2) is 0 Å². The molecule has 1 aliphatic carbocycles. The maximum absolute atomic E-state index is 11.2. The Hall–Kier alpha value is -1.82. The Morgan fingerprint density at radius 2 is 2.25 bits per heavy atom. The lowest BCUT2D eigenvalue weighted by Crippen LogP contribution is -2.39. The fourth-order valence-electron chi connectivity index (χ4n) is 1.68. The number of anilines is 2. The topological polar surface area (TPSA) is 114 Å². The molecule has 1 fully saturated rings. The van der Waals surface area contributed by atoms with Crippen LogP contribution in [0.4, 0.5) is 11.5 Å². The number of nitrogens with two attached hydrogens (primary N) is 2. The van der Waals surface area contributed by atoms with Crippen LogP contribution in [0.1, 0.15) is 23.2 Å². The molecule has 86 valence electrons. The zero-order valence-electron chi connectivity index (χ0n) is 8.68. The minimum atomic E-state index is -0.567. The van der Waals surface area contributed by atoms with Crippen LogP contribution in [-0.4, -0.2) is 28.1 Å². The molecular formula is C10H14N4O2. The number of amides is 1. The molecule has 0 atom stereocenters. The van der Waals surface area contributed by atoms with Gasteiger partial charge in [0.05, 0.1) is 23.6 Å². The molecule has 6 heteroatoms. The Morgan fingerprint density at radius 3 is 2.81 bits per heavy atom. The molecule has 0 bridgehead atoms. The summed E-state index contributed by atoms with van der Waals surface area (Å²) in [5.74, 6) is -0.138. The highest BCUT2D eigenvalue weighted by Crippen LogP contribution is 2.25. The summed E-state index contributed by atoms with van der Waals surface area (Å²) in [6, 6.07) is 1.64. The van der Waals surface area contributed by atoms with Gasteiger partial charge in [-0.25, -0.2) is 4.98 Å². The molecule has 0 saturated heterocycles. The van der Waals surface area contributed by atoms with Crippen LogP contribution in [0.5, 0.6) is 0 Å². The number of aliphatic hydroxyl groups excluding tert-OH is 1. The summed E-state index contributed by atoms with van der Waals surface area (Å²) in [4.78, 5) is 15.2. The van der Waals surface area contributed by atoms with Crippen LogP contribution in [0, 0.1) is 0 Å². The minimum Gasteiger partial charge on any atom is -0.397 e. The minimum absolute atomic E-state index is 0.143. The lowest BCUT2D eigenvalue weighted by Gasteiger charge is -2.32. The van der Waals surface area contributed by atoms with E-state index in [1.165, 1.54) is 12.3 Å². The molecule has 0 radical (unpaired) electrons. The highest BCUT2D eigenvalue weighted by atomic mass is 16.3. The van der Waals surface area contributed by atoms with E-state index in [0.29, 0.717) is 24.3 Å². The smallest absolute Gasteiger partial charge is 0.252 e. The van der Waals surface area contributed by atoms with Gasteiger partial charge in [-0.05, 0) is 18.9 Å². The van der Waals surface area contributed by atoms with E-state index in [-0.39, 0.29) is 17.7 Å². The van der Waals surface area contributed by atoms with Crippen LogP contribution in [-0.2, 0) is 0 Å². The first-order chi connectivity index (χ1) is 7.56. The Balaban J connectivity index is 2.16. The van der Waals surface area contributed by atoms with Crippen LogP contribution in [0.3, 0.4) is 0 Å². The fourth-order valence-corrected chi connectivity index (χ4v) is 1.68. The first-order valence-electron chi connectivity index (χ1n) is 5.06. The van der Waals surface area contributed by atoms with Crippen molar-refractivity contribution in [2.75, 3.05) is 11.1 Å². The number of primary amides is 1. The molecule has 2 rings (SSSR count). The Labute approximate surface area is 92.7 Å². The van der Waals surface area contributed by atoms with Crippen LogP contribution < -0.4 is 16.8 Å². The Bertz CT molecular complexity index is 415. The SMILES string of the molecule is NC(=O)c1cc(N)cnc1NC1CC(O)C1. The van der Waals surface area contributed by atoms with E-state index in [1.54, 1.807) is 0 Å². The summed E-state index contributed by atoms with van der Waals surface area (Å²) in [6.45, 7) is 0. The lowest BCUT2D eigenvalue weighted by atomic mass is 9.89. The van der Waals surface area contributed by atoms with E-state index in [0.717, 1.165) is 0 Å². The molecule has 1 amide bonds. The van der Waals surface area contributed by atoms with Crippen molar-refractivity contribution in [3.05, 3.63) is 17.8 Å². The summed E-state index contributed by atoms with van der Waals surface area (Å²) in [7, 11) is 0. The average molecular weight is 222 g/mol. The zero-order valence-corrected chi connectivity index (χ0v) is 8.68. The first kappa shape index (κ1) is 10.7. The largest absolute Gasteiger partial charge is 0.397 e. The van der Waals surface area contributed by atoms with Gasteiger partial charge in [0, 0.05) is 6.04 Å². The van der Waals surface area contributed by atoms with Crippen LogP contribution >= 0.6 is 0 Å². The Morgan fingerprint density at radius 1 is 1.56 bits per heavy atom. The van der Waals surface area contributed by atoms with E-state index < -0.39 is 5.91 Å². The van der Waals surface area contributed by atoms with Gasteiger partial charge in [0.25, 0.3) is 5.91 Å². The summed E-state index contributed by atoms with van der Waals surface area (Å²) < 4.78 is 0. The molecule has 1 aromatic rings. The number of hydrogen-bond donors (Lipinski definition) is 4. The van der Waals surface area contributed by atoms with Gasteiger partial charge in [-0.2, -0.15) is 0 Å². The zero-order chi connectivity index (χ0) is 11.7. The van der Waals surface area contributed by atoms with Gasteiger partial charge in [0.2, 0.25) is 0 Å². The van der Waals surface area contributed by atoms with E-state index in [1.807, 2.05) is 0 Å². The van der Waals surface area contributed by atoms with Gasteiger partial charge in [-0.3, -0.25) is 4.79 Å². The van der Waals surface area contributed by atoms with E-state index in [9.17, 15) is 4.79 Å². The molecule has 1 saturated carbocycles. The second-order valence-corrected chi connectivity index (χ2v) is 4.00. The Kier molecular flexibility index (Phi) is 2.66. The predicted octanol–water partition coefficient (Wildman–Crippen LogP) is -0.302. The second kappa shape index (κ2) is 3.97. The normalized spacial score (nSPS) is 23.6. The number of pyridine rings is 1. The number of carbonyl (C=O) groups excluding carboxylic acids is 1. The molecule has 1 aliphatic rings. The lowest BCUT2D eigenvalue weighted by molar-refractivity contribution is 0.0835. The van der Waals surface area contributed by atoms with E-state index in [4.69, 9.17) is 16.6 Å². The average Bonchev–Trinajstić information content (AvgIpc) is 2.17. The number of hydrogen-bond acceptors (Lipinski definition) is 5. The molecular weight excluding hydrogens is 208 g/mol. The van der Waals surface area contributed by atoms with Gasteiger partial charge in [-0.15, -0.1) is 0 Å². The number of nitrogens with zero attached hydrogens (tertiary/aromatic N) is 1. The second-order valence-electron chi connectivity index (χ2n) is 4.00. The number of aromatic nitrogens is 1. The van der Waals surface area contributed by atoms with Gasteiger partial charge in [0.1, 0.15) is 5.82 Å². The van der Waals surface area contributed by atoms with Gasteiger partial charge < -0.3 is 21.9 Å². The number of carbonyl (C=O) groups is 1. The summed E-state index contributed by atoms with van der Waals surface area (Å²) in [5, 5.41) is 12.2. The van der Waals surface area contributed by atoms with Crippen molar-refractivity contribution in [1.29, 1.82) is 0 Å². The summed E-state index contributed by atoms with van der Waals surface area (Å²) >= 11 is 0. The molecule has 0 aliphatic heterocycles. The summed E-state index contributed by atoms with van der Waals surface area (Å²) in [6.07, 6.45) is 2.52. The molecule has 6 nitrogen and oxygen atoms in total. The van der Waals surface area contributed by atoms with E-state index >= 15 is 0 Å². The van der Waals surface area contributed by atoms with Gasteiger partial charge in [-0.1, -0.05) is 0 Å².